The van der Waals surface area contributed by atoms with Crippen LogP contribution in [-0.2, 0) is 6.54 Å². The summed E-state index contributed by atoms with van der Waals surface area (Å²) in [5.74, 6) is 0.157. The highest BCUT2D eigenvalue weighted by Crippen LogP contribution is 2.34. The molecule has 4 heteroatoms. The molecule has 0 radical (unpaired) electrons. The van der Waals surface area contributed by atoms with Gasteiger partial charge in [0.2, 0.25) is 5.88 Å². The molecule has 0 saturated carbocycles. The first-order valence-corrected chi connectivity index (χ1v) is 6.16. The normalized spacial score (nSPS) is 10.5. The molecule has 0 bridgehead atoms. The van der Waals surface area contributed by atoms with Crippen LogP contribution in [0.5, 0.6) is 11.8 Å². The first kappa shape index (κ1) is 12.4. The van der Waals surface area contributed by atoms with Crippen LogP contribution in [0.25, 0.3) is 0 Å². The van der Waals surface area contributed by atoms with Crippen molar-refractivity contribution in [2.45, 2.75) is 26.3 Å². The van der Waals surface area contributed by atoms with Gasteiger partial charge in [0.1, 0.15) is 5.69 Å². The number of unbranched alkanes of at least 4 members (excludes halogenated alkanes) is 1. The van der Waals surface area contributed by atoms with E-state index in [1.165, 1.54) is 10.6 Å². The number of aromatic hydroxyl groups is 2. The molecule has 0 amide bonds. The Morgan fingerprint density at radius 1 is 1.17 bits per heavy atom. The lowest BCUT2D eigenvalue weighted by Crippen LogP contribution is -1.96. The maximum Gasteiger partial charge on any atom is 0.218 e. The second-order valence-electron chi connectivity index (χ2n) is 4.24. The Balaban J connectivity index is 2.19. The fraction of sp³-hybridized carbons (Fsp3) is 0.286. The second kappa shape index (κ2) is 5.49. The monoisotopic (exact) mass is 246 g/mol. The van der Waals surface area contributed by atoms with Gasteiger partial charge in [-0.1, -0.05) is 31.5 Å². The number of aromatic nitrogens is 1. The van der Waals surface area contributed by atoms with Gasteiger partial charge in [0.15, 0.2) is 5.88 Å². The minimum absolute atomic E-state index is 0.0739. The van der Waals surface area contributed by atoms with Gasteiger partial charge in [-0.15, -0.1) is 0 Å². The van der Waals surface area contributed by atoms with E-state index in [1.54, 1.807) is 0 Å². The third-order valence-electron chi connectivity index (χ3n) is 2.83. The Kier molecular flexibility index (Phi) is 3.77. The van der Waals surface area contributed by atoms with Gasteiger partial charge >= 0.3 is 0 Å². The van der Waals surface area contributed by atoms with E-state index >= 15 is 0 Å². The zero-order valence-electron chi connectivity index (χ0n) is 10.4. The van der Waals surface area contributed by atoms with E-state index in [1.807, 2.05) is 30.3 Å². The fourth-order valence-electron chi connectivity index (χ4n) is 1.83. The predicted molar refractivity (Wildman–Crippen MR) is 72.4 cm³/mol. The SMILES string of the molecule is CCCCn1c(O)cc(Nc2ccccc2)c1O. The molecule has 0 fully saturated rings. The van der Waals surface area contributed by atoms with Crippen molar-refractivity contribution in [2.75, 3.05) is 5.32 Å². The van der Waals surface area contributed by atoms with Crippen molar-refractivity contribution in [1.82, 2.24) is 4.57 Å². The van der Waals surface area contributed by atoms with Gasteiger partial charge in [-0.2, -0.15) is 0 Å². The Hall–Kier alpha value is -2.10. The molecule has 2 aromatic rings. The van der Waals surface area contributed by atoms with Crippen molar-refractivity contribution < 1.29 is 10.2 Å². The number of rotatable bonds is 5. The number of para-hydroxylation sites is 1. The highest BCUT2D eigenvalue weighted by molar-refractivity contribution is 5.66. The number of nitrogens with zero attached hydrogens (tertiary/aromatic N) is 1. The summed E-state index contributed by atoms with van der Waals surface area (Å²) in [4.78, 5) is 0. The van der Waals surface area contributed by atoms with Gasteiger partial charge in [0, 0.05) is 18.3 Å². The first-order valence-electron chi connectivity index (χ1n) is 6.16. The van der Waals surface area contributed by atoms with Crippen LogP contribution in [0, 0.1) is 0 Å². The lowest BCUT2D eigenvalue weighted by molar-refractivity contribution is 0.365. The van der Waals surface area contributed by atoms with Crippen LogP contribution in [0.1, 0.15) is 19.8 Å². The lowest BCUT2D eigenvalue weighted by atomic mass is 10.3. The molecule has 1 aromatic heterocycles. The highest BCUT2D eigenvalue weighted by atomic mass is 16.3. The molecule has 3 N–H and O–H groups in total. The van der Waals surface area contributed by atoms with Gasteiger partial charge < -0.3 is 15.5 Å². The summed E-state index contributed by atoms with van der Waals surface area (Å²) in [5, 5.41) is 22.9. The van der Waals surface area contributed by atoms with Gasteiger partial charge in [0.05, 0.1) is 0 Å². The molecule has 0 aliphatic rings. The average Bonchev–Trinajstić information content (AvgIpc) is 2.64. The summed E-state index contributed by atoms with van der Waals surface area (Å²) in [7, 11) is 0. The van der Waals surface area contributed by atoms with Crippen molar-refractivity contribution in [2.24, 2.45) is 0 Å². The van der Waals surface area contributed by atoms with E-state index in [0.29, 0.717) is 12.2 Å². The van der Waals surface area contributed by atoms with E-state index in [-0.39, 0.29) is 11.8 Å². The topological polar surface area (TPSA) is 57.4 Å². The zero-order valence-corrected chi connectivity index (χ0v) is 10.4. The molecule has 96 valence electrons. The molecule has 1 aromatic carbocycles. The number of hydrogen-bond acceptors (Lipinski definition) is 3. The standard InChI is InChI=1S/C14H18N2O2/c1-2-3-9-16-13(17)10-12(14(16)18)15-11-7-5-4-6-8-11/h4-8,10,15,17-18H,2-3,9H2,1H3. The number of nitrogens with one attached hydrogen (secondary N) is 1. The lowest BCUT2D eigenvalue weighted by Gasteiger charge is -2.07. The van der Waals surface area contributed by atoms with E-state index in [2.05, 4.69) is 12.2 Å². The molecule has 0 aliphatic carbocycles. The van der Waals surface area contributed by atoms with E-state index in [9.17, 15) is 10.2 Å². The van der Waals surface area contributed by atoms with Crippen molar-refractivity contribution >= 4 is 11.4 Å². The smallest absolute Gasteiger partial charge is 0.218 e. The Morgan fingerprint density at radius 3 is 2.56 bits per heavy atom. The Morgan fingerprint density at radius 2 is 1.89 bits per heavy atom. The molecule has 1 heterocycles. The van der Waals surface area contributed by atoms with Gasteiger partial charge in [-0.05, 0) is 18.6 Å². The maximum absolute atomic E-state index is 10.0. The summed E-state index contributed by atoms with van der Waals surface area (Å²) in [6.07, 6.45) is 1.93. The van der Waals surface area contributed by atoms with Crippen LogP contribution in [0.4, 0.5) is 11.4 Å². The average molecular weight is 246 g/mol. The van der Waals surface area contributed by atoms with E-state index in [0.717, 1.165) is 18.5 Å². The number of anilines is 2. The first-order chi connectivity index (χ1) is 8.72. The molecule has 18 heavy (non-hydrogen) atoms. The van der Waals surface area contributed by atoms with Gasteiger partial charge in [-0.3, -0.25) is 4.57 Å². The van der Waals surface area contributed by atoms with Crippen LogP contribution >= 0.6 is 0 Å². The van der Waals surface area contributed by atoms with Gasteiger partial charge in [-0.25, -0.2) is 0 Å². The van der Waals surface area contributed by atoms with Crippen molar-refractivity contribution in [1.29, 1.82) is 0 Å². The predicted octanol–water partition coefficient (Wildman–Crippen LogP) is 3.44. The van der Waals surface area contributed by atoms with Crippen molar-refractivity contribution in [3.8, 4) is 11.8 Å². The summed E-state index contributed by atoms with van der Waals surface area (Å²) >= 11 is 0. The largest absolute Gasteiger partial charge is 0.494 e. The summed E-state index contributed by atoms with van der Waals surface area (Å²) in [6, 6.07) is 11.1. The number of benzene rings is 1. The quantitative estimate of drug-likeness (QED) is 0.757. The van der Waals surface area contributed by atoms with E-state index in [4.69, 9.17) is 0 Å². The minimum Gasteiger partial charge on any atom is -0.494 e. The van der Waals surface area contributed by atoms with Crippen LogP contribution < -0.4 is 5.32 Å². The molecule has 0 aliphatic heterocycles. The second-order valence-corrected chi connectivity index (χ2v) is 4.24. The Labute approximate surface area is 107 Å². The molecule has 0 atom stereocenters. The van der Waals surface area contributed by atoms with E-state index < -0.39 is 0 Å². The molecular weight excluding hydrogens is 228 g/mol. The summed E-state index contributed by atoms with van der Waals surface area (Å²) in [6.45, 7) is 2.69. The van der Waals surface area contributed by atoms with Crippen LogP contribution in [0.3, 0.4) is 0 Å². The maximum atomic E-state index is 10.0. The number of hydrogen-bond donors (Lipinski definition) is 3. The highest BCUT2D eigenvalue weighted by Gasteiger charge is 2.13. The molecule has 4 nitrogen and oxygen atoms in total. The molecular formula is C14H18N2O2. The summed E-state index contributed by atoms with van der Waals surface area (Å²) < 4.78 is 1.51. The third kappa shape index (κ3) is 2.59. The fourth-order valence-corrected chi connectivity index (χ4v) is 1.83. The van der Waals surface area contributed by atoms with Gasteiger partial charge in [0.25, 0.3) is 0 Å². The summed E-state index contributed by atoms with van der Waals surface area (Å²) in [5.41, 5.74) is 1.40. The van der Waals surface area contributed by atoms with Crippen molar-refractivity contribution in [3.05, 3.63) is 36.4 Å². The van der Waals surface area contributed by atoms with Crippen LogP contribution in [-0.4, -0.2) is 14.8 Å². The Bertz CT molecular complexity index is 506. The zero-order chi connectivity index (χ0) is 13.0. The minimum atomic E-state index is 0.0739. The molecule has 2 rings (SSSR count). The molecule has 0 saturated heterocycles. The van der Waals surface area contributed by atoms with Crippen LogP contribution in [0.15, 0.2) is 36.4 Å². The molecule has 0 spiro atoms. The van der Waals surface area contributed by atoms with Crippen molar-refractivity contribution in [3.63, 3.8) is 0 Å². The molecule has 0 unspecified atom stereocenters. The van der Waals surface area contributed by atoms with Crippen LogP contribution in [0.2, 0.25) is 0 Å². The third-order valence-corrected chi connectivity index (χ3v) is 2.83.